The fourth-order valence-electron chi connectivity index (χ4n) is 0.608. The van der Waals surface area contributed by atoms with Crippen LogP contribution < -0.4 is 0 Å². The van der Waals surface area contributed by atoms with Crippen molar-refractivity contribution in [3.63, 3.8) is 0 Å². The van der Waals surface area contributed by atoms with E-state index in [9.17, 15) is 14.4 Å². The fraction of sp³-hybridized carbons (Fsp3) is 0.167. The third kappa shape index (κ3) is 2.03. The van der Waals surface area contributed by atoms with Gasteiger partial charge in [0, 0.05) is 0 Å². The summed E-state index contributed by atoms with van der Waals surface area (Å²) < 4.78 is 17.2. The van der Waals surface area contributed by atoms with Crippen molar-refractivity contribution in [3.8, 4) is 0 Å². The molecule has 0 aromatic carbocycles. The number of carbonyl (C=O) groups excluding carboxylic acids is 3. The Kier molecular flexibility index (Phi) is 2.75. The van der Waals surface area contributed by atoms with Gasteiger partial charge in [0.25, 0.3) is 0 Å². The second kappa shape index (κ2) is 3.82. The number of hydrogen-bond donors (Lipinski definition) is 0. The van der Waals surface area contributed by atoms with E-state index in [2.05, 4.69) is 25.3 Å². The second-order valence-electron chi connectivity index (χ2n) is 2.13. The van der Waals surface area contributed by atoms with Crippen LogP contribution >= 0.6 is 0 Å². The molecule has 1 rings (SSSR count). The van der Waals surface area contributed by atoms with Crippen LogP contribution in [0.3, 0.4) is 0 Å². The predicted octanol–water partition coefficient (Wildman–Crippen LogP) is -1.23. The summed E-state index contributed by atoms with van der Waals surface area (Å²) in [5.41, 5.74) is 0. The van der Waals surface area contributed by atoms with Gasteiger partial charge in [0.1, 0.15) is 0 Å². The Morgan fingerprint density at radius 1 is 1.36 bits per heavy atom. The van der Waals surface area contributed by atoms with Crippen molar-refractivity contribution >= 4 is 25.2 Å². The van der Waals surface area contributed by atoms with Gasteiger partial charge in [-0.3, -0.25) is 0 Å². The van der Waals surface area contributed by atoms with E-state index in [0.29, 0.717) is 0 Å². The molecule has 0 atom stereocenters. The number of ether oxygens (including phenoxy) is 1. The molecular formula is C6H5BO7. The lowest BCUT2D eigenvalue weighted by Crippen LogP contribution is -2.29. The van der Waals surface area contributed by atoms with Crippen LogP contribution in [0.15, 0.2) is 12.3 Å². The van der Waals surface area contributed by atoms with E-state index < -0.39 is 25.2 Å². The maximum atomic E-state index is 10.7. The fourth-order valence-corrected chi connectivity index (χ4v) is 0.608. The summed E-state index contributed by atoms with van der Waals surface area (Å²) in [7, 11) is -0.564. The molecule has 7 nitrogen and oxygen atoms in total. The van der Waals surface area contributed by atoms with Crippen LogP contribution in [0.1, 0.15) is 0 Å². The molecule has 0 N–H and O–H groups in total. The van der Waals surface area contributed by atoms with Crippen molar-refractivity contribution in [2.45, 2.75) is 0 Å². The molecule has 1 fully saturated rings. The largest absolute Gasteiger partial charge is 0.869 e. The Labute approximate surface area is 78.7 Å². The van der Waals surface area contributed by atoms with Gasteiger partial charge in [-0.1, -0.05) is 6.58 Å². The number of hydrogen-bond acceptors (Lipinski definition) is 7. The van der Waals surface area contributed by atoms with Crippen LogP contribution in [0.2, 0.25) is 0 Å². The lowest BCUT2D eigenvalue weighted by Gasteiger charge is -2.02. The van der Waals surface area contributed by atoms with Crippen molar-refractivity contribution in [1.29, 1.82) is 0 Å². The summed E-state index contributed by atoms with van der Waals surface area (Å²) in [6.45, 7) is 3.15. The molecule has 74 valence electrons. The molecule has 1 aliphatic heterocycles. The summed E-state index contributed by atoms with van der Waals surface area (Å²) in [6.07, 6.45) is 0. The van der Waals surface area contributed by atoms with E-state index in [4.69, 9.17) is 0 Å². The minimum absolute atomic E-state index is 0.298. The Hall–Kier alpha value is -1.99. The molecule has 0 unspecified atom stereocenters. The van der Waals surface area contributed by atoms with Crippen LogP contribution in [0.4, 0.5) is 0 Å². The Morgan fingerprint density at radius 2 is 2.00 bits per heavy atom. The van der Waals surface area contributed by atoms with E-state index in [0.717, 1.165) is 7.11 Å². The van der Waals surface area contributed by atoms with Gasteiger partial charge >= 0.3 is 25.2 Å². The summed E-state index contributed by atoms with van der Waals surface area (Å²) in [5, 5.41) is 0. The van der Waals surface area contributed by atoms with Gasteiger partial charge < -0.3 is 18.7 Å². The van der Waals surface area contributed by atoms with E-state index in [-0.39, 0.29) is 5.76 Å². The third-order valence-corrected chi connectivity index (χ3v) is 1.22. The van der Waals surface area contributed by atoms with Crippen LogP contribution in [0.5, 0.6) is 0 Å². The van der Waals surface area contributed by atoms with E-state index in [1.54, 1.807) is 0 Å². The first-order chi connectivity index (χ1) is 6.54. The number of carbonyl (C=O) groups is 3. The number of esters is 1. The second-order valence-corrected chi connectivity index (χ2v) is 2.13. The molecule has 0 bridgehead atoms. The molecule has 0 aromatic rings. The quantitative estimate of drug-likeness (QED) is 0.226. The highest BCUT2D eigenvalue weighted by Crippen LogP contribution is 2.12. The topological polar surface area (TPSA) is 88.1 Å². The summed E-state index contributed by atoms with van der Waals surface area (Å²) >= 11 is 0. The maximum Gasteiger partial charge on any atom is 0.869 e. The highest BCUT2D eigenvalue weighted by atomic mass is 16.8. The molecule has 1 aliphatic rings. The zero-order chi connectivity index (χ0) is 10.7. The van der Waals surface area contributed by atoms with Crippen molar-refractivity contribution < 1.29 is 33.1 Å². The SMILES string of the molecule is C=C1OB(OC(=O)C(=O)OC)OC1=O. The summed E-state index contributed by atoms with van der Waals surface area (Å²) in [4.78, 5) is 31.9. The number of rotatable bonds is 1. The monoisotopic (exact) mass is 200 g/mol. The van der Waals surface area contributed by atoms with E-state index >= 15 is 0 Å². The standard InChI is InChI=1S/C6H5BO7/c1-3-4(8)13-7(12-3)14-6(10)5(9)11-2/h1H2,2H3. The first-order valence-electron chi connectivity index (χ1n) is 3.40. The van der Waals surface area contributed by atoms with Gasteiger partial charge in [-0.25, -0.2) is 14.4 Å². The van der Waals surface area contributed by atoms with Gasteiger partial charge in [-0.15, -0.1) is 0 Å². The smallest absolute Gasteiger partial charge is 0.484 e. The molecule has 0 spiro atoms. The first kappa shape index (κ1) is 10.1. The highest BCUT2D eigenvalue weighted by Gasteiger charge is 2.44. The minimum atomic E-state index is -1.57. The van der Waals surface area contributed by atoms with Gasteiger partial charge in [0.05, 0.1) is 7.11 Å². The minimum Gasteiger partial charge on any atom is -0.484 e. The first-order valence-corrected chi connectivity index (χ1v) is 3.40. The zero-order valence-corrected chi connectivity index (χ0v) is 7.14. The molecular weight excluding hydrogens is 195 g/mol. The van der Waals surface area contributed by atoms with Crippen LogP contribution in [0.25, 0.3) is 0 Å². The average molecular weight is 200 g/mol. The molecule has 1 heterocycles. The Balaban J connectivity index is 2.47. The van der Waals surface area contributed by atoms with Gasteiger partial charge in [0.2, 0.25) is 0 Å². The molecule has 1 saturated heterocycles. The van der Waals surface area contributed by atoms with Crippen molar-refractivity contribution in [3.05, 3.63) is 12.3 Å². The lowest BCUT2D eigenvalue weighted by molar-refractivity contribution is -0.161. The predicted molar refractivity (Wildman–Crippen MR) is 40.2 cm³/mol. The zero-order valence-electron chi connectivity index (χ0n) is 7.14. The molecule has 0 aliphatic carbocycles. The molecule has 14 heavy (non-hydrogen) atoms. The van der Waals surface area contributed by atoms with E-state index in [1.807, 2.05) is 0 Å². The maximum absolute atomic E-state index is 10.7. The van der Waals surface area contributed by atoms with Crippen LogP contribution in [-0.2, 0) is 33.1 Å². The third-order valence-electron chi connectivity index (χ3n) is 1.22. The number of methoxy groups -OCH3 is 1. The Bertz CT molecular complexity index is 293. The highest BCUT2D eigenvalue weighted by molar-refractivity contribution is 6.49. The molecule has 0 aromatic heterocycles. The van der Waals surface area contributed by atoms with E-state index in [1.165, 1.54) is 0 Å². The van der Waals surface area contributed by atoms with Crippen molar-refractivity contribution in [2.75, 3.05) is 7.11 Å². The van der Waals surface area contributed by atoms with Crippen molar-refractivity contribution in [1.82, 2.24) is 0 Å². The normalized spacial score (nSPS) is 14.5. The molecule has 0 saturated carbocycles. The molecule has 0 amide bonds. The summed E-state index contributed by atoms with van der Waals surface area (Å²) in [6, 6.07) is 0. The van der Waals surface area contributed by atoms with Crippen molar-refractivity contribution in [2.24, 2.45) is 0 Å². The molecule has 8 heteroatoms. The Morgan fingerprint density at radius 3 is 2.43 bits per heavy atom. The lowest BCUT2D eigenvalue weighted by atomic mass is 10.2. The average Bonchev–Trinajstić information content (AvgIpc) is 2.44. The van der Waals surface area contributed by atoms with Gasteiger partial charge in [-0.2, -0.15) is 0 Å². The van der Waals surface area contributed by atoms with Gasteiger partial charge in [0.15, 0.2) is 5.76 Å². The summed E-state index contributed by atoms with van der Waals surface area (Å²) in [5.74, 6) is -3.69. The van der Waals surface area contributed by atoms with Gasteiger partial charge in [-0.05, 0) is 0 Å². The molecule has 0 radical (unpaired) electrons. The van der Waals surface area contributed by atoms with Crippen LogP contribution in [0, 0.1) is 0 Å². The van der Waals surface area contributed by atoms with Crippen LogP contribution in [-0.4, -0.2) is 32.3 Å².